The molecule has 0 aliphatic heterocycles. The third kappa shape index (κ3) is 4.55. The normalized spacial score (nSPS) is 10.4. The molecule has 112 valence electrons. The minimum Gasteiger partial charge on any atom is -0.492 e. The lowest BCUT2D eigenvalue weighted by Gasteiger charge is -2.17. The van der Waals surface area contributed by atoms with Crippen LogP contribution in [0.1, 0.15) is 11.1 Å². The molecule has 0 unspecified atom stereocenters. The largest absolute Gasteiger partial charge is 0.492 e. The summed E-state index contributed by atoms with van der Waals surface area (Å²) in [5.41, 5.74) is 2.32. The number of aromatic nitrogens is 4. The van der Waals surface area contributed by atoms with Gasteiger partial charge in [-0.15, -0.1) is 5.10 Å². The number of aryl methyl sites for hydroxylation is 2. The van der Waals surface area contributed by atoms with Crippen LogP contribution in [-0.4, -0.2) is 51.2 Å². The topological polar surface area (TPSA) is 73.1 Å². The van der Waals surface area contributed by atoms with Crippen LogP contribution in [0.15, 0.2) is 24.5 Å². The highest BCUT2D eigenvalue weighted by atomic mass is 16.5. The summed E-state index contributed by atoms with van der Waals surface area (Å²) in [7, 11) is 1.73. The monoisotopic (exact) mass is 289 g/mol. The van der Waals surface area contributed by atoms with E-state index in [-0.39, 0.29) is 12.5 Å². The Labute approximate surface area is 123 Å². The van der Waals surface area contributed by atoms with Crippen molar-refractivity contribution in [3.8, 4) is 5.75 Å². The maximum Gasteiger partial charge on any atom is 0.244 e. The van der Waals surface area contributed by atoms with Crippen molar-refractivity contribution in [3.63, 3.8) is 0 Å². The Morgan fingerprint density at radius 1 is 1.29 bits per heavy atom. The van der Waals surface area contributed by atoms with Gasteiger partial charge in [0.05, 0.1) is 6.54 Å². The Morgan fingerprint density at radius 3 is 2.62 bits per heavy atom. The van der Waals surface area contributed by atoms with Gasteiger partial charge < -0.3 is 9.64 Å². The highest BCUT2D eigenvalue weighted by molar-refractivity contribution is 5.75. The van der Waals surface area contributed by atoms with Gasteiger partial charge in [0.25, 0.3) is 0 Å². The first-order valence-corrected chi connectivity index (χ1v) is 6.70. The first kappa shape index (κ1) is 15.0. The van der Waals surface area contributed by atoms with E-state index in [1.54, 1.807) is 11.9 Å². The van der Waals surface area contributed by atoms with E-state index in [1.165, 1.54) is 11.0 Å². The zero-order valence-corrected chi connectivity index (χ0v) is 12.5. The van der Waals surface area contributed by atoms with Gasteiger partial charge in [-0.25, -0.2) is 4.68 Å². The lowest BCUT2D eigenvalue weighted by atomic mass is 10.1. The minimum atomic E-state index is -0.0636. The summed E-state index contributed by atoms with van der Waals surface area (Å²) in [6.07, 6.45) is 1.41. The Hall–Kier alpha value is -2.44. The number of hydrogen-bond donors (Lipinski definition) is 0. The summed E-state index contributed by atoms with van der Waals surface area (Å²) in [5, 5.41) is 10.6. The van der Waals surface area contributed by atoms with E-state index in [0.29, 0.717) is 13.2 Å². The van der Waals surface area contributed by atoms with E-state index in [9.17, 15) is 4.79 Å². The van der Waals surface area contributed by atoms with Gasteiger partial charge >= 0.3 is 0 Å². The van der Waals surface area contributed by atoms with E-state index in [2.05, 4.69) is 21.6 Å². The number of rotatable bonds is 6. The van der Waals surface area contributed by atoms with Gasteiger partial charge in [-0.05, 0) is 47.5 Å². The molecule has 2 aromatic rings. The molecule has 1 aromatic carbocycles. The number of carbonyl (C=O) groups is 1. The van der Waals surface area contributed by atoms with E-state index < -0.39 is 0 Å². The van der Waals surface area contributed by atoms with E-state index in [1.807, 2.05) is 26.0 Å². The number of benzene rings is 1. The molecule has 0 saturated heterocycles. The van der Waals surface area contributed by atoms with Crippen molar-refractivity contribution in [1.82, 2.24) is 25.1 Å². The Morgan fingerprint density at radius 2 is 2.00 bits per heavy atom. The number of ether oxygens (including phenoxy) is 1. The van der Waals surface area contributed by atoms with Crippen LogP contribution in [0.4, 0.5) is 0 Å². The second-order valence-corrected chi connectivity index (χ2v) is 4.99. The number of hydrogen-bond acceptors (Lipinski definition) is 5. The predicted molar refractivity (Wildman–Crippen MR) is 76.9 cm³/mol. The zero-order chi connectivity index (χ0) is 15.2. The van der Waals surface area contributed by atoms with Gasteiger partial charge in [-0.2, -0.15) is 0 Å². The summed E-state index contributed by atoms with van der Waals surface area (Å²) in [5.74, 6) is 0.764. The van der Waals surface area contributed by atoms with Crippen molar-refractivity contribution in [3.05, 3.63) is 35.7 Å². The summed E-state index contributed by atoms with van der Waals surface area (Å²) >= 11 is 0. The first-order chi connectivity index (χ1) is 10.0. The molecule has 21 heavy (non-hydrogen) atoms. The molecule has 0 bridgehead atoms. The van der Waals surface area contributed by atoms with Crippen LogP contribution >= 0.6 is 0 Å². The van der Waals surface area contributed by atoms with Gasteiger partial charge in [-0.1, -0.05) is 6.07 Å². The average molecular weight is 289 g/mol. The standard InChI is InChI=1S/C14H19N5O2/c1-11-6-12(2)8-13(7-11)21-5-4-18(3)14(20)9-19-10-15-16-17-19/h6-8,10H,4-5,9H2,1-3H3. The van der Waals surface area contributed by atoms with Gasteiger partial charge in [0.2, 0.25) is 5.91 Å². The molecule has 0 radical (unpaired) electrons. The van der Waals surface area contributed by atoms with Crippen molar-refractivity contribution in [2.75, 3.05) is 20.2 Å². The molecule has 1 heterocycles. The van der Waals surface area contributed by atoms with Gasteiger partial charge in [0.1, 0.15) is 25.2 Å². The first-order valence-electron chi connectivity index (χ1n) is 6.70. The number of carbonyl (C=O) groups excluding carboxylic acids is 1. The van der Waals surface area contributed by atoms with Crippen molar-refractivity contribution in [1.29, 1.82) is 0 Å². The number of likely N-dealkylation sites (N-methyl/N-ethyl adjacent to an activating group) is 1. The molecule has 0 fully saturated rings. The van der Waals surface area contributed by atoms with Crippen LogP contribution in [0.25, 0.3) is 0 Å². The lowest BCUT2D eigenvalue weighted by Crippen LogP contribution is -2.33. The van der Waals surface area contributed by atoms with Crippen LogP contribution in [0.2, 0.25) is 0 Å². The molecule has 0 aliphatic rings. The van der Waals surface area contributed by atoms with E-state index >= 15 is 0 Å². The fourth-order valence-electron chi connectivity index (χ4n) is 1.95. The van der Waals surface area contributed by atoms with Gasteiger partial charge in [0, 0.05) is 7.05 Å². The number of amides is 1. The maximum atomic E-state index is 11.9. The lowest BCUT2D eigenvalue weighted by molar-refractivity contribution is -0.131. The highest BCUT2D eigenvalue weighted by Crippen LogP contribution is 2.15. The molecular formula is C14H19N5O2. The number of tetrazole rings is 1. The van der Waals surface area contributed by atoms with Crippen molar-refractivity contribution >= 4 is 5.91 Å². The Kier molecular flexibility index (Phi) is 4.86. The molecule has 0 aliphatic carbocycles. The average Bonchev–Trinajstić information content (AvgIpc) is 2.90. The summed E-state index contributed by atoms with van der Waals surface area (Å²) in [6, 6.07) is 6.06. The zero-order valence-electron chi connectivity index (χ0n) is 12.5. The minimum absolute atomic E-state index is 0.0636. The second kappa shape index (κ2) is 6.83. The van der Waals surface area contributed by atoms with Crippen LogP contribution in [-0.2, 0) is 11.3 Å². The molecule has 2 rings (SSSR count). The molecular weight excluding hydrogens is 270 g/mol. The van der Waals surface area contributed by atoms with E-state index in [0.717, 1.165) is 16.9 Å². The molecule has 1 aromatic heterocycles. The van der Waals surface area contributed by atoms with Crippen LogP contribution in [0.3, 0.4) is 0 Å². The smallest absolute Gasteiger partial charge is 0.244 e. The molecule has 0 atom stereocenters. The SMILES string of the molecule is Cc1cc(C)cc(OCCN(C)C(=O)Cn2cnnn2)c1. The molecule has 7 heteroatoms. The summed E-state index contributed by atoms with van der Waals surface area (Å²) < 4.78 is 7.08. The molecule has 0 N–H and O–H groups in total. The Bertz CT molecular complexity index is 577. The summed E-state index contributed by atoms with van der Waals surface area (Å²) in [4.78, 5) is 13.5. The fourth-order valence-corrected chi connectivity index (χ4v) is 1.95. The van der Waals surface area contributed by atoms with Crippen molar-refractivity contribution in [2.24, 2.45) is 0 Å². The third-order valence-electron chi connectivity index (χ3n) is 3.01. The fraction of sp³-hybridized carbons (Fsp3) is 0.429. The van der Waals surface area contributed by atoms with Crippen molar-refractivity contribution in [2.45, 2.75) is 20.4 Å². The molecule has 7 nitrogen and oxygen atoms in total. The highest BCUT2D eigenvalue weighted by Gasteiger charge is 2.10. The second-order valence-electron chi connectivity index (χ2n) is 4.99. The number of nitrogens with zero attached hydrogens (tertiary/aromatic N) is 5. The van der Waals surface area contributed by atoms with Crippen LogP contribution < -0.4 is 4.74 Å². The molecule has 1 amide bonds. The summed E-state index contributed by atoms with van der Waals surface area (Å²) in [6.45, 7) is 5.14. The Balaban J connectivity index is 1.78. The van der Waals surface area contributed by atoms with Crippen molar-refractivity contribution < 1.29 is 9.53 Å². The maximum absolute atomic E-state index is 11.9. The van der Waals surface area contributed by atoms with Crippen LogP contribution in [0.5, 0.6) is 5.75 Å². The van der Waals surface area contributed by atoms with Crippen LogP contribution in [0, 0.1) is 13.8 Å². The van der Waals surface area contributed by atoms with E-state index in [4.69, 9.17) is 4.74 Å². The van der Waals surface area contributed by atoms with Gasteiger partial charge in [-0.3, -0.25) is 4.79 Å². The molecule has 0 spiro atoms. The quantitative estimate of drug-likeness (QED) is 0.787. The predicted octanol–water partition coefficient (Wildman–Crippen LogP) is 0.827. The third-order valence-corrected chi connectivity index (χ3v) is 3.01. The molecule has 0 saturated carbocycles. The van der Waals surface area contributed by atoms with Gasteiger partial charge in [0.15, 0.2) is 0 Å².